The van der Waals surface area contributed by atoms with Crippen molar-refractivity contribution < 1.29 is 9.53 Å². The van der Waals surface area contributed by atoms with Crippen molar-refractivity contribution in [3.63, 3.8) is 0 Å². The van der Waals surface area contributed by atoms with Gasteiger partial charge in [-0.1, -0.05) is 24.6 Å². The second kappa shape index (κ2) is 8.79. The van der Waals surface area contributed by atoms with E-state index in [1.54, 1.807) is 7.11 Å². The zero-order valence-corrected chi connectivity index (χ0v) is 16.7. The summed E-state index contributed by atoms with van der Waals surface area (Å²) in [5.41, 5.74) is 3.68. The number of carbonyl (C=O) groups excluding carboxylic acids is 1. The molecule has 0 saturated heterocycles. The molecule has 1 aromatic carbocycles. The quantitative estimate of drug-likeness (QED) is 0.582. The summed E-state index contributed by atoms with van der Waals surface area (Å²) in [6.45, 7) is 7.19. The average Bonchev–Trinajstić information content (AvgIpc) is 3.02. The highest BCUT2D eigenvalue weighted by molar-refractivity contribution is 5.90. The van der Waals surface area contributed by atoms with Gasteiger partial charge in [0.15, 0.2) is 11.5 Å². The van der Waals surface area contributed by atoms with Crippen LogP contribution in [0.3, 0.4) is 0 Å². The van der Waals surface area contributed by atoms with Gasteiger partial charge in [-0.2, -0.15) is 5.10 Å². The van der Waals surface area contributed by atoms with Crippen LogP contribution in [0.25, 0.3) is 16.7 Å². The Morgan fingerprint density at radius 1 is 1.14 bits per heavy atom. The molecule has 28 heavy (non-hydrogen) atoms. The maximum Gasteiger partial charge on any atom is 0.219 e. The number of amides is 1. The van der Waals surface area contributed by atoms with Crippen molar-refractivity contribution in [3.05, 3.63) is 41.3 Å². The number of ether oxygens (including phenoxy) is 1. The van der Waals surface area contributed by atoms with Crippen LogP contribution in [0.4, 0.5) is 5.82 Å². The summed E-state index contributed by atoms with van der Waals surface area (Å²) in [5, 5.41) is 11.7. The molecule has 0 saturated carbocycles. The highest BCUT2D eigenvalue weighted by Gasteiger charge is 2.17. The molecule has 0 atom stereocenters. The van der Waals surface area contributed by atoms with Gasteiger partial charge in [0.1, 0.15) is 12.4 Å². The van der Waals surface area contributed by atoms with E-state index in [0.717, 1.165) is 22.4 Å². The Morgan fingerprint density at radius 3 is 2.57 bits per heavy atom. The number of methoxy groups -OCH3 is 1. The van der Waals surface area contributed by atoms with E-state index in [2.05, 4.69) is 32.6 Å². The predicted molar refractivity (Wildman–Crippen MR) is 109 cm³/mol. The number of aryl methyl sites for hydroxylation is 2. The van der Waals surface area contributed by atoms with Crippen LogP contribution in [0, 0.1) is 13.8 Å². The molecule has 0 fully saturated rings. The van der Waals surface area contributed by atoms with E-state index in [1.165, 1.54) is 5.56 Å². The van der Waals surface area contributed by atoms with Crippen LogP contribution in [-0.2, 0) is 16.1 Å². The summed E-state index contributed by atoms with van der Waals surface area (Å²) in [4.78, 5) is 20.7. The van der Waals surface area contributed by atoms with Crippen LogP contribution in [0.1, 0.15) is 30.4 Å². The lowest BCUT2D eigenvalue weighted by atomic mass is 10.2. The Morgan fingerprint density at radius 2 is 1.89 bits per heavy atom. The molecule has 8 heteroatoms. The first-order chi connectivity index (χ1) is 13.5. The second-order valence-electron chi connectivity index (χ2n) is 6.58. The minimum absolute atomic E-state index is 0.0260. The fraction of sp³-hybridized carbons (Fsp3) is 0.400. The number of carbonyl (C=O) groups is 1. The lowest BCUT2D eigenvalue weighted by Gasteiger charge is -2.10. The molecule has 0 aliphatic carbocycles. The van der Waals surface area contributed by atoms with Crippen LogP contribution in [0.2, 0.25) is 0 Å². The third kappa shape index (κ3) is 4.28. The third-order valence-electron chi connectivity index (χ3n) is 4.36. The molecule has 0 spiro atoms. The number of benzene rings is 1. The lowest BCUT2D eigenvalue weighted by molar-refractivity contribution is -0.120. The van der Waals surface area contributed by atoms with Gasteiger partial charge in [0.25, 0.3) is 0 Å². The van der Waals surface area contributed by atoms with E-state index < -0.39 is 0 Å². The van der Waals surface area contributed by atoms with Crippen molar-refractivity contribution >= 4 is 22.8 Å². The third-order valence-corrected chi connectivity index (χ3v) is 4.36. The largest absolute Gasteiger partial charge is 0.377 e. The van der Waals surface area contributed by atoms with Crippen molar-refractivity contribution in [3.8, 4) is 5.69 Å². The van der Waals surface area contributed by atoms with Crippen LogP contribution in [-0.4, -0.2) is 45.9 Å². The molecule has 8 nitrogen and oxygen atoms in total. The smallest absolute Gasteiger partial charge is 0.219 e. The summed E-state index contributed by atoms with van der Waals surface area (Å²) in [7, 11) is 1.61. The summed E-state index contributed by atoms with van der Waals surface area (Å²) in [6, 6.07) is 8.13. The highest BCUT2D eigenvalue weighted by atomic mass is 16.5. The number of hydrogen-bond donors (Lipinski definition) is 2. The molecule has 0 aliphatic heterocycles. The van der Waals surface area contributed by atoms with Crippen LogP contribution in [0.15, 0.2) is 24.3 Å². The van der Waals surface area contributed by atoms with Gasteiger partial charge in [0, 0.05) is 26.6 Å². The van der Waals surface area contributed by atoms with Gasteiger partial charge in [-0.25, -0.2) is 14.6 Å². The Bertz CT molecular complexity index is 965. The summed E-state index contributed by atoms with van der Waals surface area (Å²) >= 11 is 0. The predicted octanol–water partition coefficient (Wildman–Crippen LogP) is 2.52. The maximum absolute atomic E-state index is 11.4. The number of rotatable bonds is 8. The topological polar surface area (TPSA) is 94.0 Å². The van der Waals surface area contributed by atoms with Crippen LogP contribution < -0.4 is 10.6 Å². The monoisotopic (exact) mass is 382 g/mol. The summed E-state index contributed by atoms with van der Waals surface area (Å²) in [6.07, 6.45) is 0.470. The zero-order valence-electron chi connectivity index (χ0n) is 16.7. The van der Waals surface area contributed by atoms with E-state index in [9.17, 15) is 4.79 Å². The van der Waals surface area contributed by atoms with Gasteiger partial charge in [0.05, 0.1) is 16.8 Å². The molecule has 0 radical (unpaired) electrons. The first-order valence-electron chi connectivity index (χ1n) is 9.36. The maximum atomic E-state index is 11.4. The van der Waals surface area contributed by atoms with E-state index >= 15 is 0 Å². The number of aromatic nitrogens is 4. The van der Waals surface area contributed by atoms with Gasteiger partial charge in [-0.3, -0.25) is 4.79 Å². The van der Waals surface area contributed by atoms with E-state index in [1.807, 2.05) is 42.8 Å². The Hall–Kier alpha value is -3.00. The molecule has 0 unspecified atom stereocenters. The minimum atomic E-state index is 0.0260. The average molecular weight is 382 g/mol. The second-order valence-corrected chi connectivity index (χ2v) is 6.58. The number of hydrogen-bond acceptors (Lipinski definition) is 6. The SMILES string of the molecule is CCC(=O)NCCNc1nc(COC)nc2c1c(C)nn2-c1ccc(C)cc1. The molecule has 148 valence electrons. The standard InChI is InChI=1S/C20H26N6O2/c1-5-17(27)21-10-11-22-19-18-14(3)25-26(15-8-6-13(2)7-9-15)20(18)24-16(23-19)12-28-4/h6-9H,5,10-12H2,1-4H3,(H,21,27)(H,22,23,24). The van der Waals surface area contributed by atoms with Gasteiger partial charge >= 0.3 is 0 Å². The Kier molecular flexibility index (Phi) is 6.20. The highest BCUT2D eigenvalue weighted by Crippen LogP contribution is 2.26. The van der Waals surface area contributed by atoms with Crippen LogP contribution in [0.5, 0.6) is 0 Å². The van der Waals surface area contributed by atoms with E-state index in [-0.39, 0.29) is 5.91 Å². The van der Waals surface area contributed by atoms with Crippen molar-refractivity contribution in [2.24, 2.45) is 0 Å². The number of nitrogens with one attached hydrogen (secondary N) is 2. The molecule has 3 aromatic rings. The van der Waals surface area contributed by atoms with Crippen molar-refractivity contribution in [2.45, 2.75) is 33.8 Å². The van der Waals surface area contributed by atoms with E-state index in [4.69, 9.17) is 4.74 Å². The van der Waals surface area contributed by atoms with Crippen molar-refractivity contribution in [1.82, 2.24) is 25.1 Å². The lowest BCUT2D eigenvalue weighted by Crippen LogP contribution is -2.28. The minimum Gasteiger partial charge on any atom is -0.377 e. The molecule has 2 N–H and O–H groups in total. The van der Waals surface area contributed by atoms with Crippen LogP contribution >= 0.6 is 0 Å². The van der Waals surface area contributed by atoms with Gasteiger partial charge in [-0.05, 0) is 26.0 Å². The molecule has 0 bridgehead atoms. The Balaban J connectivity index is 1.98. The molecule has 3 rings (SSSR count). The molecule has 1 amide bonds. The first kappa shape index (κ1) is 19.8. The fourth-order valence-electron chi connectivity index (χ4n) is 2.92. The first-order valence-corrected chi connectivity index (χ1v) is 9.36. The van der Waals surface area contributed by atoms with Crippen molar-refractivity contribution in [2.75, 3.05) is 25.5 Å². The van der Waals surface area contributed by atoms with E-state index in [0.29, 0.717) is 37.8 Å². The number of fused-ring (bicyclic) bond motifs is 1. The summed E-state index contributed by atoms with van der Waals surface area (Å²) < 4.78 is 7.06. The number of nitrogens with zero attached hydrogens (tertiary/aromatic N) is 4. The Labute approximate surface area is 164 Å². The molecular weight excluding hydrogens is 356 g/mol. The molecule has 0 aliphatic rings. The van der Waals surface area contributed by atoms with Gasteiger partial charge in [-0.15, -0.1) is 0 Å². The fourth-order valence-corrected chi connectivity index (χ4v) is 2.92. The van der Waals surface area contributed by atoms with Gasteiger partial charge in [0.2, 0.25) is 5.91 Å². The zero-order chi connectivity index (χ0) is 20.1. The normalized spacial score (nSPS) is 11.0. The van der Waals surface area contributed by atoms with Gasteiger partial charge < -0.3 is 15.4 Å². The molecule has 2 aromatic heterocycles. The van der Waals surface area contributed by atoms with Crippen molar-refractivity contribution in [1.29, 1.82) is 0 Å². The molecular formula is C20H26N6O2. The molecule has 2 heterocycles. The summed E-state index contributed by atoms with van der Waals surface area (Å²) in [5.74, 6) is 1.29. The number of anilines is 1.